The van der Waals surface area contributed by atoms with Crippen LogP contribution in [0.2, 0.25) is 0 Å². The molecular weight excluding hydrogens is 853 g/mol. The normalized spacial score (nSPS) is 12.1. The van der Waals surface area contributed by atoms with Gasteiger partial charge in [0.05, 0.1) is 22.7 Å². The van der Waals surface area contributed by atoms with Crippen molar-refractivity contribution in [3.8, 4) is 0 Å². The molecule has 12 aromatic rings. The van der Waals surface area contributed by atoms with Gasteiger partial charge in [0.1, 0.15) is 11.2 Å². The zero-order valence-electron chi connectivity index (χ0n) is 41.8. The fourth-order valence-electron chi connectivity index (χ4n) is 11.5. The molecule has 4 heteroatoms. The molecule has 12 rings (SSSR count). The number of nitrogens with zero attached hydrogens (tertiary/aromatic N) is 2. The molecule has 0 unspecified atom stereocenters. The molecule has 0 radical (unpaired) electrons. The van der Waals surface area contributed by atoms with Crippen molar-refractivity contribution < 1.29 is 8.83 Å². The van der Waals surface area contributed by atoms with Crippen LogP contribution in [0.15, 0.2) is 154 Å². The molecule has 0 saturated heterocycles. The summed E-state index contributed by atoms with van der Waals surface area (Å²) in [6.07, 6.45) is 6.51. The van der Waals surface area contributed by atoms with E-state index in [0.717, 1.165) is 106 Å². The Bertz CT molecular complexity index is 3710. The van der Waals surface area contributed by atoms with Crippen molar-refractivity contribution in [3.05, 3.63) is 190 Å². The maximum absolute atomic E-state index is 7.11. The van der Waals surface area contributed by atoms with Crippen molar-refractivity contribution in [3.63, 3.8) is 0 Å². The van der Waals surface area contributed by atoms with Crippen molar-refractivity contribution in [2.45, 2.75) is 93.9 Å². The minimum atomic E-state index is 0.905. The SMILES string of the molecule is CCCCc1cccc2c1oc1c(N(c3cc(C)c(C)c(C)c3)c3ccc4ccc5c(N(c6cc(C)c(C)c(C)c6)c6cccc7c6oc6c(CCCC)cccc67)ccc6ccc3c4c65)cccc12. The van der Waals surface area contributed by atoms with E-state index in [-0.39, 0.29) is 0 Å². The molecule has 0 atom stereocenters. The van der Waals surface area contributed by atoms with Gasteiger partial charge in [-0.25, -0.2) is 0 Å². The first kappa shape index (κ1) is 43.7. The smallest absolute Gasteiger partial charge is 0.159 e. The summed E-state index contributed by atoms with van der Waals surface area (Å²) < 4.78 is 14.2. The number of fused-ring (bicyclic) bond motifs is 6. The monoisotopic (exact) mass is 912 g/mol. The van der Waals surface area contributed by atoms with Gasteiger partial charge in [-0.15, -0.1) is 0 Å². The van der Waals surface area contributed by atoms with Crippen molar-refractivity contribution in [2.24, 2.45) is 0 Å². The van der Waals surface area contributed by atoms with E-state index >= 15 is 0 Å². The van der Waals surface area contributed by atoms with Crippen LogP contribution < -0.4 is 9.80 Å². The van der Waals surface area contributed by atoms with E-state index in [0.29, 0.717) is 0 Å². The van der Waals surface area contributed by atoms with Gasteiger partial charge in [0.15, 0.2) is 11.2 Å². The van der Waals surface area contributed by atoms with Gasteiger partial charge in [-0.2, -0.15) is 0 Å². The van der Waals surface area contributed by atoms with E-state index in [4.69, 9.17) is 8.83 Å². The summed E-state index contributed by atoms with van der Waals surface area (Å²) in [6.45, 7) is 17.9. The fourth-order valence-corrected chi connectivity index (χ4v) is 11.5. The topological polar surface area (TPSA) is 32.8 Å². The molecule has 0 bridgehead atoms. The second-order valence-corrected chi connectivity index (χ2v) is 20.0. The average Bonchev–Trinajstić information content (AvgIpc) is 3.96. The Morgan fingerprint density at radius 2 is 0.714 bits per heavy atom. The van der Waals surface area contributed by atoms with Crippen LogP contribution in [0.1, 0.15) is 84.0 Å². The van der Waals surface area contributed by atoms with Crippen molar-refractivity contribution in [2.75, 3.05) is 9.80 Å². The summed E-state index contributed by atoms with van der Waals surface area (Å²) in [7, 11) is 0. The van der Waals surface area contributed by atoms with Gasteiger partial charge in [-0.3, -0.25) is 0 Å². The number of unbranched alkanes of at least 4 members (excludes halogenated alkanes) is 2. The van der Waals surface area contributed by atoms with Gasteiger partial charge in [0.25, 0.3) is 0 Å². The minimum absolute atomic E-state index is 0.905. The predicted molar refractivity (Wildman–Crippen MR) is 300 cm³/mol. The summed E-state index contributed by atoms with van der Waals surface area (Å²) in [5.41, 5.74) is 20.5. The Labute approximate surface area is 411 Å². The van der Waals surface area contributed by atoms with Crippen LogP contribution in [0.25, 0.3) is 76.2 Å². The lowest BCUT2D eigenvalue weighted by molar-refractivity contribution is 0.658. The highest BCUT2D eigenvalue weighted by Gasteiger charge is 2.27. The number of aryl methyl sites for hydroxylation is 6. The molecule has 0 spiro atoms. The molecule has 0 saturated carbocycles. The van der Waals surface area contributed by atoms with E-state index in [1.165, 1.54) is 87.6 Å². The van der Waals surface area contributed by atoms with Crippen molar-refractivity contribution in [1.29, 1.82) is 0 Å². The van der Waals surface area contributed by atoms with Gasteiger partial charge < -0.3 is 18.6 Å². The van der Waals surface area contributed by atoms with E-state index in [2.05, 4.69) is 211 Å². The largest absolute Gasteiger partial charge is 0.454 e. The fraction of sp³-hybridized carbons (Fsp3) is 0.212. The van der Waals surface area contributed by atoms with Crippen LogP contribution in [0, 0.1) is 41.5 Å². The highest BCUT2D eigenvalue weighted by molar-refractivity contribution is 6.29. The standard InChI is InChI=1S/C66H60N2O2/c1-9-11-17-47-19-13-21-51-53-23-15-25-59(65(53)69-63(47)51)67(49-35-39(3)43(7)40(4)36-49)57-33-29-45-28-32-56-58(34-30-46-27-31-55(57)61(45)62(46)56)68(50-37-41(5)44(8)42(6)38-50)60-26-16-24-54-52-22-14-20-48(18-12-10-2)64(52)70-66(54)60/h13-16,19-38H,9-12,17-18H2,1-8H3. The molecule has 4 nitrogen and oxygen atoms in total. The predicted octanol–water partition coefficient (Wildman–Crippen LogP) is 19.9. The highest BCUT2D eigenvalue weighted by Crippen LogP contribution is 2.51. The number of hydrogen-bond acceptors (Lipinski definition) is 4. The third kappa shape index (κ3) is 6.86. The quantitative estimate of drug-likeness (QED) is 0.114. The Hall–Kier alpha value is -7.56. The molecule has 0 aliphatic heterocycles. The highest BCUT2D eigenvalue weighted by atomic mass is 16.3. The van der Waals surface area contributed by atoms with Crippen molar-refractivity contribution in [1.82, 2.24) is 0 Å². The Morgan fingerprint density at radius 1 is 0.357 bits per heavy atom. The molecular formula is C66H60N2O2. The first-order valence-corrected chi connectivity index (χ1v) is 25.5. The molecule has 0 aliphatic rings. The Balaban J connectivity index is 1.12. The molecule has 10 aromatic carbocycles. The van der Waals surface area contributed by atoms with Gasteiger partial charge in [-0.05, 0) is 182 Å². The Morgan fingerprint density at radius 3 is 1.10 bits per heavy atom. The lowest BCUT2D eigenvalue weighted by Gasteiger charge is -2.30. The second-order valence-electron chi connectivity index (χ2n) is 20.0. The first-order chi connectivity index (χ1) is 34.1. The van der Waals surface area contributed by atoms with Crippen LogP contribution in [0.5, 0.6) is 0 Å². The third-order valence-corrected chi connectivity index (χ3v) is 15.7. The van der Waals surface area contributed by atoms with E-state index in [1.54, 1.807) is 0 Å². The minimum Gasteiger partial charge on any atom is -0.454 e. The summed E-state index contributed by atoms with van der Waals surface area (Å²) in [6, 6.07) is 54.7. The lowest BCUT2D eigenvalue weighted by Crippen LogP contribution is -2.13. The number of rotatable bonds is 12. The first-order valence-electron chi connectivity index (χ1n) is 25.5. The van der Waals surface area contributed by atoms with E-state index < -0.39 is 0 Å². The summed E-state index contributed by atoms with van der Waals surface area (Å²) in [5, 5.41) is 11.9. The van der Waals surface area contributed by atoms with Gasteiger partial charge in [0.2, 0.25) is 0 Å². The number of furan rings is 2. The molecule has 0 fully saturated rings. The van der Waals surface area contributed by atoms with Crippen LogP contribution in [0.4, 0.5) is 34.1 Å². The van der Waals surface area contributed by atoms with Crippen molar-refractivity contribution >= 4 is 110 Å². The van der Waals surface area contributed by atoms with E-state index in [9.17, 15) is 0 Å². The third-order valence-electron chi connectivity index (χ3n) is 15.7. The molecule has 0 aliphatic carbocycles. The summed E-state index contributed by atoms with van der Waals surface area (Å²) >= 11 is 0. The van der Waals surface area contributed by atoms with Crippen LogP contribution in [0.3, 0.4) is 0 Å². The molecule has 2 heterocycles. The molecule has 70 heavy (non-hydrogen) atoms. The maximum atomic E-state index is 7.11. The maximum Gasteiger partial charge on any atom is 0.159 e. The second kappa shape index (κ2) is 17.1. The number of para-hydroxylation sites is 4. The number of anilines is 6. The lowest BCUT2D eigenvalue weighted by atomic mass is 9.91. The van der Waals surface area contributed by atoms with Crippen LogP contribution in [-0.2, 0) is 12.8 Å². The van der Waals surface area contributed by atoms with Crippen LogP contribution in [-0.4, -0.2) is 0 Å². The summed E-state index contributed by atoms with van der Waals surface area (Å²) in [4.78, 5) is 4.92. The molecule has 346 valence electrons. The molecule has 0 N–H and O–H groups in total. The van der Waals surface area contributed by atoms with Gasteiger partial charge in [0, 0.05) is 43.7 Å². The number of benzene rings is 10. The zero-order valence-corrected chi connectivity index (χ0v) is 41.8. The number of hydrogen-bond donors (Lipinski definition) is 0. The van der Waals surface area contributed by atoms with E-state index in [1.807, 2.05) is 0 Å². The summed E-state index contributed by atoms with van der Waals surface area (Å²) in [5.74, 6) is 0. The van der Waals surface area contributed by atoms with Crippen LogP contribution >= 0.6 is 0 Å². The Kier molecular flexibility index (Phi) is 10.7. The zero-order chi connectivity index (χ0) is 47.9. The average molecular weight is 913 g/mol. The van der Waals surface area contributed by atoms with Gasteiger partial charge in [-0.1, -0.05) is 124 Å². The molecule has 0 amide bonds. The molecule has 2 aromatic heterocycles. The van der Waals surface area contributed by atoms with Gasteiger partial charge >= 0.3 is 0 Å².